The molecule has 1 aliphatic carbocycles. The van der Waals surface area contributed by atoms with Crippen LogP contribution in [0.15, 0.2) is 0 Å². The summed E-state index contributed by atoms with van der Waals surface area (Å²) < 4.78 is 37.9. The molecule has 0 amide bonds. The lowest BCUT2D eigenvalue weighted by Gasteiger charge is -2.24. The molecule has 0 aromatic rings. The molecule has 0 saturated heterocycles. The average Bonchev–Trinajstić information content (AvgIpc) is 2.15. The van der Waals surface area contributed by atoms with Crippen molar-refractivity contribution in [1.82, 2.24) is 4.72 Å². The number of carbonyl (C=O) groups is 1. The van der Waals surface area contributed by atoms with Gasteiger partial charge in [0.1, 0.15) is 12.7 Å². The van der Waals surface area contributed by atoms with Gasteiger partial charge in [-0.3, -0.25) is 4.79 Å². The average molecular weight is 239 g/mol. The van der Waals surface area contributed by atoms with Gasteiger partial charge in [0.05, 0.1) is 5.25 Å². The summed E-state index contributed by atoms with van der Waals surface area (Å²) in [7, 11) is -3.68. The van der Waals surface area contributed by atoms with Crippen molar-refractivity contribution in [1.29, 1.82) is 0 Å². The summed E-state index contributed by atoms with van der Waals surface area (Å²) in [5.41, 5.74) is 0. The van der Waals surface area contributed by atoms with Crippen molar-refractivity contribution in [3.05, 3.63) is 0 Å². The van der Waals surface area contributed by atoms with Crippen LogP contribution in [0.4, 0.5) is 4.39 Å². The first-order valence-electron chi connectivity index (χ1n) is 4.76. The Kier molecular flexibility index (Phi) is 4.04. The summed E-state index contributed by atoms with van der Waals surface area (Å²) >= 11 is 0. The topological polar surface area (TPSA) is 83.5 Å². The second kappa shape index (κ2) is 4.89. The lowest BCUT2D eigenvalue weighted by molar-refractivity contribution is -0.135. The standard InChI is InChI=1S/C8H14FNO4S/c9-6-2-1-3-7(4-6)15(13,14)10-5-8(11)12/h6-7,10H,1-5H2,(H,11,12). The second-order valence-corrected chi connectivity index (χ2v) is 5.69. The highest BCUT2D eigenvalue weighted by molar-refractivity contribution is 7.90. The fraction of sp³-hybridized carbons (Fsp3) is 0.875. The lowest BCUT2D eigenvalue weighted by atomic mass is 9.98. The number of hydrogen-bond acceptors (Lipinski definition) is 3. The first-order chi connectivity index (χ1) is 6.92. The summed E-state index contributed by atoms with van der Waals surface area (Å²) in [6.07, 6.45) is 0.194. The summed E-state index contributed by atoms with van der Waals surface area (Å²) in [6, 6.07) is 0. The van der Waals surface area contributed by atoms with E-state index in [-0.39, 0.29) is 6.42 Å². The summed E-state index contributed by atoms with van der Waals surface area (Å²) in [6.45, 7) is -0.643. The van der Waals surface area contributed by atoms with Gasteiger partial charge in [-0.15, -0.1) is 0 Å². The Morgan fingerprint density at radius 2 is 2.13 bits per heavy atom. The second-order valence-electron chi connectivity index (χ2n) is 3.65. The molecule has 0 radical (unpaired) electrons. The maximum Gasteiger partial charge on any atom is 0.318 e. The van der Waals surface area contributed by atoms with Gasteiger partial charge in [-0.2, -0.15) is 0 Å². The van der Waals surface area contributed by atoms with Gasteiger partial charge in [0.25, 0.3) is 0 Å². The van der Waals surface area contributed by atoms with Crippen LogP contribution in [0.3, 0.4) is 0 Å². The zero-order valence-corrected chi connectivity index (χ0v) is 8.96. The van der Waals surface area contributed by atoms with Gasteiger partial charge >= 0.3 is 5.97 Å². The maximum absolute atomic E-state index is 13.0. The highest BCUT2D eigenvalue weighted by Crippen LogP contribution is 2.25. The Morgan fingerprint density at radius 3 is 2.67 bits per heavy atom. The predicted molar refractivity (Wildman–Crippen MR) is 51.7 cm³/mol. The van der Waals surface area contributed by atoms with Crippen molar-refractivity contribution in [2.24, 2.45) is 0 Å². The van der Waals surface area contributed by atoms with Gasteiger partial charge in [-0.05, 0) is 25.7 Å². The number of carboxylic acids is 1. The largest absolute Gasteiger partial charge is 0.480 e. The lowest BCUT2D eigenvalue weighted by Crippen LogP contribution is -2.40. The molecule has 1 rings (SSSR count). The minimum Gasteiger partial charge on any atom is -0.480 e. The molecule has 1 saturated carbocycles. The molecule has 0 bridgehead atoms. The molecule has 0 aliphatic heterocycles. The van der Waals surface area contributed by atoms with E-state index in [1.54, 1.807) is 0 Å². The minimum atomic E-state index is -3.68. The molecule has 0 aromatic carbocycles. The molecule has 7 heteroatoms. The van der Waals surface area contributed by atoms with Crippen LogP contribution in [0, 0.1) is 0 Å². The zero-order valence-electron chi connectivity index (χ0n) is 8.15. The molecule has 0 aromatic heterocycles. The van der Waals surface area contributed by atoms with E-state index in [4.69, 9.17) is 5.11 Å². The van der Waals surface area contributed by atoms with Crippen molar-refractivity contribution in [3.63, 3.8) is 0 Å². The smallest absolute Gasteiger partial charge is 0.318 e. The summed E-state index contributed by atoms with van der Waals surface area (Å²) in [4.78, 5) is 10.2. The maximum atomic E-state index is 13.0. The van der Waals surface area contributed by atoms with E-state index in [0.29, 0.717) is 19.3 Å². The molecular formula is C8H14FNO4S. The Morgan fingerprint density at radius 1 is 1.47 bits per heavy atom. The molecule has 2 unspecified atom stereocenters. The van der Waals surface area contributed by atoms with E-state index in [2.05, 4.69) is 0 Å². The predicted octanol–water partition coefficient (Wildman–Crippen LogP) is 0.271. The number of sulfonamides is 1. The van der Waals surface area contributed by atoms with E-state index in [9.17, 15) is 17.6 Å². The van der Waals surface area contributed by atoms with E-state index >= 15 is 0 Å². The van der Waals surface area contributed by atoms with Crippen molar-refractivity contribution in [2.75, 3.05) is 6.54 Å². The number of aliphatic carboxylic acids is 1. The fourth-order valence-electron chi connectivity index (χ4n) is 1.65. The molecule has 2 N–H and O–H groups in total. The molecule has 15 heavy (non-hydrogen) atoms. The molecule has 1 aliphatic rings. The summed E-state index contributed by atoms with van der Waals surface area (Å²) in [5, 5.41) is 7.54. The quantitative estimate of drug-likeness (QED) is 0.737. The third-order valence-electron chi connectivity index (χ3n) is 2.43. The van der Waals surface area contributed by atoms with Crippen LogP contribution >= 0.6 is 0 Å². The normalized spacial score (nSPS) is 27.5. The van der Waals surface area contributed by atoms with Crippen molar-refractivity contribution in [2.45, 2.75) is 37.1 Å². The van der Waals surface area contributed by atoms with E-state index in [0.717, 1.165) is 0 Å². The Labute approximate surface area is 87.7 Å². The van der Waals surface area contributed by atoms with Crippen LogP contribution in [-0.4, -0.2) is 37.5 Å². The van der Waals surface area contributed by atoms with Crippen LogP contribution < -0.4 is 4.72 Å². The Bertz CT molecular complexity index is 330. The molecular weight excluding hydrogens is 225 g/mol. The number of halogens is 1. The van der Waals surface area contributed by atoms with Gasteiger partial charge in [-0.25, -0.2) is 17.5 Å². The zero-order chi connectivity index (χ0) is 11.5. The van der Waals surface area contributed by atoms with Crippen LogP contribution in [0.1, 0.15) is 25.7 Å². The van der Waals surface area contributed by atoms with Crippen molar-refractivity contribution >= 4 is 16.0 Å². The van der Waals surface area contributed by atoms with Gasteiger partial charge in [-0.1, -0.05) is 0 Å². The number of carboxylic acid groups (broad SMARTS) is 1. The molecule has 1 fully saturated rings. The number of alkyl halides is 1. The minimum absolute atomic E-state index is 0.0328. The van der Waals surface area contributed by atoms with Crippen LogP contribution in [0.25, 0.3) is 0 Å². The van der Waals surface area contributed by atoms with E-state index in [1.165, 1.54) is 0 Å². The molecule has 88 valence electrons. The molecule has 5 nitrogen and oxygen atoms in total. The highest BCUT2D eigenvalue weighted by atomic mass is 32.2. The number of hydrogen-bond donors (Lipinski definition) is 2. The monoisotopic (exact) mass is 239 g/mol. The third-order valence-corrected chi connectivity index (χ3v) is 4.28. The first-order valence-corrected chi connectivity index (χ1v) is 6.31. The molecule has 0 heterocycles. The Balaban J connectivity index is 2.56. The third kappa shape index (κ3) is 3.75. The highest BCUT2D eigenvalue weighted by Gasteiger charge is 2.31. The SMILES string of the molecule is O=C(O)CNS(=O)(=O)C1CCCC(F)C1. The fourth-order valence-corrected chi connectivity index (χ4v) is 3.15. The summed E-state index contributed by atoms with van der Waals surface area (Å²) in [5.74, 6) is -1.24. The van der Waals surface area contributed by atoms with Crippen molar-refractivity contribution in [3.8, 4) is 0 Å². The van der Waals surface area contributed by atoms with Crippen LogP contribution in [0.2, 0.25) is 0 Å². The number of rotatable bonds is 4. The molecule has 2 atom stereocenters. The van der Waals surface area contributed by atoms with Gasteiger partial charge in [0.2, 0.25) is 10.0 Å². The Hall–Kier alpha value is -0.690. The van der Waals surface area contributed by atoms with Crippen LogP contribution in [-0.2, 0) is 14.8 Å². The molecule has 0 spiro atoms. The van der Waals surface area contributed by atoms with Gasteiger partial charge in [0.15, 0.2) is 0 Å². The first kappa shape index (κ1) is 12.4. The number of nitrogens with one attached hydrogen (secondary N) is 1. The van der Waals surface area contributed by atoms with E-state index < -0.39 is 34.0 Å². The van der Waals surface area contributed by atoms with E-state index in [1.807, 2.05) is 4.72 Å². The van der Waals surface area contributed by atoms with Gasteiger partial charge < -0.3 is 5.11 Å². The van der Waals surface area contributed by atoms with Crippen LogP contribution in [0.5, 0.6) is 0 Å². The van der Waals surface area contributed by atoms with Gasteiger partial charge in [0, 0.05) is 0 Å². The van der Waals surface area contributed by atoms with Crippen molar-refractivity contribution < 1.29 is 22.7 Å².